The first-order valence-corrected chi connectivity index (χ1v) is 16.6. The monoisotopic (exact) mass is 604 g/mol. The molecule has 0 aliphatic carbocycles. The maximum absolute atomic E-state index is 12.3. The molecule has 0 aliphatic rings. The zero-order chi connectivity index (χ0) is 31.3. The van der Waals surface area contributed by atoms with Crippen molar-refractivity contribution in [1.29, 1.82) is 0 Å². The number of unbranched alkanes of at least 4 members (excludes halogenated alkanes) is 1. The van der Waals surface area contributed by atoms with Crippen LogP contribution in [0.2, 0.25) is 6.32 Å². The normalized spacial score (nSPS) is 10.9. The van der Waals surface area contributed by atoms with E-state index in [2.05, 4.69) is 129 Å². The van der Waals surface area contributed by atoms with Crippen molar-refractivity contribution in [1.82, 2.24) is 0 Å². The topological polar surface area (TPSA) is 17.1 Å². The average Bonchev–Trinajstić information content (AvgIpc) is 3.13. The fourth-order valence-corrected chi connectivity index (χ4v) is 6.78. The van der Waals surface area contributed by atoms with Gasteiger partial charge in [0.05, 0.1) is 6.15 Å². The number of hydrogen-bond donors (Lipinski definition) is 0. The van der Waals surface area contributed by atoms with Gasteiger partial charge >= 0.3 is 0 Å². The minimum atomic E-state index is -0.913. The van der Waals surface area contributed by atoms with Crippen LogP contribution < -0.4 is 16.4 Å². The standard InChI is InChI=1S/C22H24B.C20H16OS/c1-2-3-19-23(20-13-7-4-8-14-20,21-15-9-5-10-16-21)22-17-11-6-12-18-22;21-19(14-22)18-13-7-12-17(15-8-3-1-4-9-15)20(18)16-10-5-2-6-11-16/h4-18H,2-3,19H2,1H3;1-13,22H,14H2/q-1;/p+1. The Hall–Kier alpha value is -4.60. The Morgan fingerprint density at radius 1 is 0.533 bits per heavy atom. The molecule has 224 valence electrons. The van der Waals surface area contributed by atoms with Crippen LogP contribution in [0.25, 0.3) is 22.3 Å². The van der Waals surface area contributed by atoms with Crippen LogP contribution in [-0.2, 0) is 12.6 Å². The van der Waals surface area contributed by atoms with Crippen molar-refractivity contribution in [2.24, 2.45) is 0 Å². The summed E-state index contributed by atoms with van der Waals surface area (Å²) in [5.74, 6) is 0.409. The molecule has 0 atom stereocenters. The first kappa shape index (κ1) is 31.8. The first-order valence-electron chi connectivity index (χ1n) is 15.9. The van der Waals surface area contributed by atoms with E-state index in [9.17, 15) is 4.79 Å². The Balaban J connectivity index is 0.000000178. The zero-order valence-electron chi connectivity index (χ0n) is 26.0. The number of Topliss-reactive ketones (excluding diaryl/α,β-unsaturated/α-hetero) is 1. The lowest BCUT2D eigenvalue weighted by molar-refractivity contribution is 0.102. The summed E-state index contributed by atoms with van der Waals surface area (Å²) in [6.45, 7) is 2.28. The average molecular weight is 605 g/mol. The summed E-state index contributed by atoms with van der Waals surface area (Å²) in [5.41, 5.74) is 9.34. The molecule has 0 bridgehead atoms. The summed E-state index contributed by atoms with van der Waals surface area (Å²) < 4.78 is 0. The van der Waals surface area contributed by atoms with Crippen molar-refractivity contribution in [2.75, 3.05) is 5.75 Å². The van der Waals surface area contributed by atoms with Crippen LogP contribution in [-0.4, -0.2) is 17.7 Å². The van der Waals surface area contributed by atoms with Gasteiger partial charge in [0, 0.05) is 11.1 Å². The van der Waals surface area contributed by atoms with Crippen molar-refractivity contribution in [3.8, 4) is 22.3 Å². The molecular formula is C42H41BOS. The summed E-state index contributed by atoms with van der Waals surface area (Å²) in [6.07, 6.45) is 2.73. The predicted octanol–water partition coefficient (Wildman–Crippen LogP) is 8.17. The summed E-state index contributed by atoms with van der Waals surface area (Å²) in [7, 11) is 0. The molecule has 0 saturated heterocycles. The highest BCUT2D eigenvalue weighted by atomic mass is 32.1. The highest BCUT2D eigenvalue weighted by molar-refractivity contribution is 7.59. The highest BCUT2D eigenvalue weighted by Gasteiger charge is 2.28. The van der Waals surface area contributed by atoms with Gasteiger partial charge in [0.15, 0.2) is 5.75 Å². The third-order valence-electron chi connectivity index (χ3n) is 8.77. The van der Waals surface area contributed by atoms with E-state index in [1.165, 1.54) is 35.6 Å². The van der Waals surface area contributed by atoms with Gasteiger partial charge < -0.3 is 0 Å². The van der Waals surface area contributed by atoms with E-state index in [0.717, 1.165) is 27.8 Å². The van der Waals surface area contributed by atoms with Crippen molar-refractivity contribution in [2.45, 2.75) is 26.1 Å². The second-order valence-corrected chi connectivity index (χ2v) is 11.8. The van der Waals surface area contributed by atoms with Gasteiger partial charge in [0.25, 0.3) is 0 Å². The number of ketones is 1. The molecule has 0 N–H and O–H groups in total. The van der Waals surface area contributed by atoms with Crippen LogP contribution in [0, 0.1) is 0 Å². The minimum Gasteiger partial charge on any atom is -0.289 e. The third-order valence-corrected chi connectivity index (χ3v) is 9.09. The lowest BCUT2D eigenvalue weighted by atomic mass is 9.14. The van der Waals surface area contributed by atoms with Gasteiger partial charge in [0.1, 0.15) is 0 Å². The molecule has 0 unspecified atom stereocenters. The van der Waals surface area contributed by atoms with Crippen LogP contribution in [0.3, 0.4) is 0 Å². The number of hydrogen-bond acceptors (Lipinski definition) is 1. The van der Waals surface area contributed by atoms with Crippen molar-refractivity contribution < 1.29 is 4.79 Å². The number of carbonyl (C=O) groups is 1. The highest BCUT2D eigenvalue weighted by Crippen LogP contribution is 2.35. The zero-order valence-corrected chi connectivity index (χ0v) is 27.0. The van der Waals surface area contributed by atoms with E-state index in [0.29, 0.717) is 5.75 Å². The van der Waals surface area contributed by atoms with Crippen molar-refractivity contribution >= 4 is 40.9 Å². The number of rotatable bonds is 10. The van der Waals surface area contributed by atoms with Gasteiger partial charge in [-0.3, -0.25) is 4.79 Å². The maximum Gasteiger partial charge on any atom is 0.212 e. The lowest BCUT2D eigenvalue weighted by Crippen LogP contribution is -2.66. The van der Waals surface area contributed by atoms with Crippen LogP contribution in [0.1, 0.15) is 30.1 Å². The fourth-order valence-electron chi connectivity index (χ4n) is 6.59. The predicted molar refractivity (Wildman–Crippen MR) is 200 cm³/mol. The molecule has 3 heteroatoms. The molecule has 45 heavy (non-hydrogen) atoms. The summed E-state index contributed by atoms with van der Waals surface area (Å²) in [4.78, 5) is 12.3. The van der Waals surface area contributed by atoms with Gasteiger partial charge in [-0.15, -0.1) is 0 Å². The molecule has 6 rings (SSSR count). The lowest BCUT2D eigenvalue weighted by Gasteiger charge is -2.43. The van der Waals surface area contributed by atoms with Crippen LogP contribution in [0.5, 0.6) is 0 Å². The van der Waals surface area contributed by atoms with Crippen molar-refractivity contribution in [3.05, 3.63) is 175 Å². The Labute approximate surface area is 274 Å². The van der Waals surface area contributed by atoms with Gasteiger partial charge in [0.2, 0.25) is 5.78 Å². The largest absolute Gasteiger partial charge is 0.289 e. The molecule has 0 radical (unpaired) electrons. The molecule has 0 spiro atoms. The Kier molecular flexibility index (Phi) is 11.3. The fraction of sp³-hybridized carbons (Fsp3) is 0.119. The summed E-state index contributed by atoms with van der Waals surface area (Å²) in [6, 6.07) is 59.3. The molecule has 6 aromatic carbocycles. The number of benzene rings is 6. The summed E-state index contributed by atoms with van der Waals surface area (Å²) in [5, 5.41) is 0. The van der Waals surface area contributed by atoms with E-state index in [-0.39, 0.29) is 5.78 Å². The molecule has 6 aromatic rings. The van der Waals surface area contributed by atoms with Crippen LogP contribution in [0.4, 0.5) is 0 Å². The van der Waals surface area contributed by atoms with Gasteiger partial charge in [-0.05, 0) is 29.3 Å². The first-order chi connectivity index (χ1) is 22.2. The van der Waals surface area contributed by atoms with E-state index in [1.807, 2.05) is 60.7 Å². The molecule has 0 heterocycles. The second kappa shape index (κ2) is 15.9. The Bertz CT molecular complexity index is 1660. The second-order valence-electron chi connectivity index (χ2n) is 11.5. The quantitative estimate of drug-likeness (QED) is 0.0876. The SMILES string of the molecule is CCCC[B-](c1ccccc1)(c1ccccc1)c1ccccc1.O=C(C[SH2+])c1cccc(-c2ccccc2)c1-c1ccccc1. The third kappa shape index (κ3) is 7.38. The van der Waals surface area contributed by atoms with Crippen LogP contribution in [0.15, 0.2) is 170 Å². The van der Waals surface area contributed by atoms with Gasteiger partial charge in [-0.1, -0.05) is 190 Å². The van der Waals surface area contributed by atoms with Crippen molar-refractivity contribution in [3.63, 3.8) is 0 Å². The van der Waals surface area contributed by atoms with E-state index in [4.69, 9.17) is 0 Å². The molecular weight excluding hydrogens is 563 g/mol. The molecule has 0 saturated carbocycles. The van der Waals surface area contributed by atoms with E-state index in [1.54, 1.807) is 0 Å². The minimum absolute atomic E-state index is 0.0910. The summed E-state index contributed by atoms with van der Waals surface area (Å²) >= 11 is 3.34. The molecule has 0 amide bonds. The molecule has 1 nitrogen and oxygen atoms in total. The van der Waals surface area contributed by atoms with Gasteiger partial charge in [-0.25, -0.2) is 0 Å². The Morgan fingerprint density at radius 2 is 0.956 bits per heavy atom. The molecule has 0 aromatic heterocycles. The Morgan fingerprint density at radius 3 is 1.38 bits per heavy atom. The smallest absolute Gasteiger partial charge is 0.212 e. The molecule has 0 aliphatic heterocycles. The van der Waals surface area contributed by atoms with Crippen LogP contribution >= 0.6 is 0 Å². The van der Waals surface area contributed by atoms with E-state index < -0.39 is 6.15 Å². The van der Waals surface area contributed by atoms with E-state index >= 15 is 0 Å². The molecule has 0 fully saturated rings. The number of carbonyl (C=O) groups excluding carboxylic acids is 1. The maximum atomic E-state index is 12.3. The van der Waals surface area contributed by atoms with Gasteiger partial charge in [-0.2, -0.15) is 22.7 Å².